The lowest BCUT2D eigenvalue weighted by Crippen LogP contribution is -1.94. The van der Waals surface area contributed by atoms with Gasteiger partial charge in [-0.3, -0.25) is 0 Å². The van der Waals surface area contributed by atoms with E-state index < -0.39 is 0 Å². The lowest BCUT2D eigenvalue weighted by molar-refractivity contribution is 0.454. The predicted octanol–water partition coefficient (Wildman–Crippen LogP) is 3.79. The first-order valence-corrected chi connectivity index (χ1v) is 5.79. The van der Waals surface area contributed by atoms with Gasteiger partial charge in [0.15, 0.2) is 0 Å². The Morgan fingerprint density at radius 1 is 1.18 bits per heavy atom. The van der Waals surface area contributed by atoms with E-state index in [1.54, 1.807) is 32.0 Å². The summed E-state index contributed by atoms with van der Waals surface area (Å²) < 4.78 is 19.4. The molecule has 1 aromatic heterocycles. The van der Waals surface area contributed by atoms with Crippen molar-refractivity contribution in [2.75, 3.05) is 0 Å². The fourth-order valence-electron chi connectivity index (χ4n) is 1.32. The Morgan fingerprint density at radius 2 is 1.94 bits per heavy atom. The maximum atomic E-state index is 13.3. The Morgan fingerprint density at radius 3 is 2.59 bits per heavy atom. The molecule has 17 heavy (non-hydrogen) atoms. The maximum absolute atomic E-state index is 13.3. The summed E-state index contributed by atoms with van der Waals surface area (Å²) in [6, 6.07) is 6.32. The quantitative estimate of drug-likeness (QED) is 0.791. The van der Waals surface area contributed by atoms with Crippen LogP contribution in [0.4, 0.5) is 4.39 Å². The predicted molar refractivity (Wildman–Crippen MR) is 65.7 cm³/mol. The summed E-state index contributed by atoms with van der Waals surface area (Å²) in [5, 5.41) is 0. The molecule has 0 bridgehead atoms. The van der Waals surface area contributed by atoms with Crippen molar-refractivity contribution in [1.29, 1.82) is 0 Å². The van der Waals surface area contributed by atoms with Crippen LogP contribution in [0.25, 0.3) is 0 Å². The molecule has 0 radical (unpaired) electrons. The highest BCUT2D eigenvalue weighted by Gasteiger charge is 2.04. The van der Waals surface area contributed by atoms with Gasteiger partial charge in [-0.25, -0.2) is 9.37 Å². The van der Waals surface area contributed by atoms with Gasteiger partial charge in [-0.2, -0.15) is 4.98 Å². The monoisotopic (exact) mass is 296 g/mol. The van der Waals surface area contributed by atoms with E-state index in [4.69, 9.17) is 4.74 Å². The molecule has 88 valence electrons. The van der Waals surface area contributed by atoms with E-state index in [0.717, 1.165) is 0 Å². The highest BCUT2D eigenvalue weighted by molar-refractivity contribution is 9.10. The number of ether oxygens (including phenoxy) is 1. The third kappa shape index (κ3) is 3.00. The van der Waals surface area contributed by atoms with Crippen LogP contribution in [0.15, 0.2) is 28.9 Å². The Kier molecular flexibility index (Phi) is 3.38. The SMILES string of the molecule is Cc1nc(Br)cc(Oc2ccc(C)c(F)c2)n1. The van der Waals surface area contributed by atoms with Crippen LogP contribution < -0.4 is 4.74 Å². The Balaban J connectivity index is 2.28. The summed E-state index contributed by atoms with van der Waals surface area (Å²) in [4.78, 5) is 8.15. The van der Waals surface area contributed by atoms with Crippen LogP contribution in [0.2, 0.25) is 0 Å². The average molecular weight is 297 g/mol. The van der Waals surface area contributed by atoms with E-state index in [0.29, 0.717) is 27.6 Å². The first-order valence-electron chi connectivity index (χ1n) is 5.00. The molecule has 0 aliphatic carbocycles. The van der Waals surface area contributed by atoms with Gasteiger partial charge in [0, 0.05) is 12.1 Å². The molecule has 1 aromatic carbocycles. The Labute approximate surface area is 107 Å². The minimum absolute atomic E-state index is 0.299. The molecule has 0 N–H and O–H groups in total. The number of aryl methyl sites for hydroxylation is 2. The van der Waals surface area contributed by atoms with Gasteiger partial charge in [0.05, 0.1) is 0 Å². The summed E-state index contributed by atoms with van der Waals surface area (Å²) in [7, 11) is 0. The number of halogens is 2. The highest BCUT2D eigenvalue weighted by Crippen LogP contribution is 2.23. The fourth-order valence-corrected chi connectivity index (χ4v) is 1.77. The van der Waals surface area contributed by atoms with Gasteiger partial charge in [-0.05, 0) is 41.4 Å². The van der Waals surface area contributed by atoms with E-state index in [2.05, 4.69) is 25.9 Å². The van der Waals surface area contributed by atoms with Crippen molar-refractivity contribution in [2.24, 2.45) is 0 Å². The summed E-state index contributed by atoms with van der Waals surface area (Å²) in [5.41, 5.74) is 0.581. The summed E-state index contributed by atoms with van der Waals surface area (Å²) >= 11 is 3.25. The zero-order valence-electron chi connectivity index (χ0n) is 9.37. The molecular formula is C12H10BrFN2O. The third-order valence-electron chi connectivity index (χ3n) is 2.15. The molecule has 0 amide bonds. The molecule has 2 rings (SSSR count). The second-order valence-corrected chi connectivity index (χ2v) is 4.40. The van der Waals surface area contributed by atoms with Gasteiger partial charge in [-0.1, -0.05) is 6.07 Å². The van der Waals surface area contributed by atoms with Crippen molar-refractivity contribution >= 4 is 15.9 Å². The van der Waals surface area contributed by atoms with Crippen LogP contribution >= 0.6 is 15.9 Å². The van der Waals surface area contributed by atoms with Crippen molar-refractivity contribution in [3.05, 3.63) is 46.1 Å². The van der Waals surface area contributed by atoms with E-state index in [1.165, 1.54) is 6.07 Å². The highest BCUT2D eigenvalue weighted by atomic mass is 79.9. The van der Waals surface area contributed by atoms with Gasteiger partial charge >= 0.3 is 0 Å². The lowest BCUT2D eigenvalue weighted by Gasteiger charge is -2.06. The van der Waals surface area contributed by atoms with Crippen LogP contribution in [-0.2, 0) is 0 Å². The Hall–Kier alpha value is -1.49. The normalized spacial score (nSPS) is 10.4. The van der Waals surface area contributed by atoms with Crippen molar-refractivity contribution < 1.29 is 9.13 Å². The maximum Gasteiger partial charge on any atom is 0.223 e. The molecule has 0 aliphatic heterocycles. The van der Waals surface area contributed by atoms with Gasteiger partial charge in [-0.15, -0.1) is 0 Å². The lowest BCUT2D eigenvalue weighted by atomic mass is 10.2. The van der Waals surface area contributed by atoms with E-state index >= 15 is 0 Å². The van der Waals surface area contributed by atoms with Gasteiger partial charge in [0.25, 0.3) is 0 Å². The number of benzene rings is 1. The molecule has 1 heterocycles. The molecular weight excluding hydrogens is 287 g/mol. The summed E-state index contributed by atoms with van der Waals surface area (Å²) in [6.07, 6.45) is 0. The molecule has 0 unspecified atom stereocenters. The van der Waals surface area contributed by atoms with Crippen LogP contribution in [0.3, 0.4) is 0 Å². The fraction of sp³-hybridized carbons (Fsp3) is 0.167. The Bertz CT molecular complexity index is 540. The van der Waals surface area contributed by atoms with Crippen LogP contribution in [0.5, 0.6) is 11.6 Å². The van der Waals surface area contributed by atoms with E-state index in [-0.39, 0.29) is 5.82 Å². The van der Waals surface area contributed by atoms with Crippen LogP contribution in [-0.4, -0.2) is 9.97 Å². The molecule has 0 spiro atoms. The average Bonchev–Trinajstić information content (AvgIpc) is 2.22. The van der Waals surface area contributed by atoms with Crippen LogP contribution in [0, 0.1) is 19.7 Å². The zero-order chi connectivity index (χ0) is 12.4. The number of hydrogen-bond donors (Lipinski definition) is 0. The second-order valence-electron chi connectivity index (χ2n) is 3.59. The van der Waals surface area contributed by atoms with Crippen molar-refractivity contribution in [2.45, 2.75) is 13.8 Å². The molecule has 2 aromatic rings. The second kappa shape index (κ2) is 4.79. The molecule has 3 nitrogen and oxygen atoms in total. The van der Waals surface area contributed by atoms with E-state index in [9.17, 15) is 4.39 Å². The number of hydrogen-bond acceptors (Lipinski definition) is 3. The largest absolute Gasteiger partial charge is 0.439 e. The van der Waals surface area contributed by atoms with Gasteiger partial charge in [0.2, 0.25) is 5.88 Å². The van der Waals surface area contributed by atoms with Crippen LogP contribution in [0.1, 0.15) is 11.4 Å². The minimum Gasteiger partial charge on any atom is -0.439 e. The van der Waals surface area contributed by atoms with E-state index in [1.807, 2.05) is 0 Å². The summed E-state index contributed by atoms with van der Waals surface area (Å²) in [5.74, 6) is 1.08. The minimum atomic E-state index is -0.299. The topological polar surface area (TPSA) is 35.0 Å². The smallest absolute Gasteiger partial charge is 0.223 e. The van der Waals surface area contributed by atoms with Gasteiger partial charge in [0.1, 0.15) is 22.0 Å². The first kappa shape index (κ1) is 12.0. The zero-order valence-corrected chi connectivity index (χ0v) is 11.0. The standard InChI is InChI=1S/C12H10BrFN2O/c1-7-3-4-9(5-10(7)14)17-12-6-11(13)15-8(2)16-12/h3-6H,1-2H3. The van der Waals surface area contributed by atoms with Crippen molar-refractivity contribution in [1.82, 2.24) is 9.97 Å². The van der Waals surface area contributed by atoms with Crippen molar-refractivity contribution in [3.63, 3.8) is 0 Å². The number of rotatable bonds is 2. The molecule has 0 fully saturated rings. The molecule has 0 saturated carbocycles. The molecule has 0 saturated heterocycles. The molecule has 5 heteroatoms. The number of aromatic nitrogens is 2. The molecule has 0 aliphatic rings. The first-order chi connectivity index (χ1) is 8.04. The third-order valence-corrected chi connectivity index (χ3v) is 2.56. The number of nitrogens with zero attached hydrogens (tertiary/aromatic N) is 2. The van der Waals surface area contributed by atoms with Crippen molar-refractivity contribution in [3.8, 4) is 11.6 Å². The summed E-state index contributed by atoms with van der Waals surface area (Å²) in [6.45, 7) is 3.46. The van der Waals surface area contributed by atoms with Gasteiger partial charge < -0.3 is 4.74 Å². The molecule has 0 atom stereocenters.